The van der Waals surface area contributed by atoms with Gasteiger partial charge in [0, 0.05) is 0 Å². The van der Waals surface area contributed by atoms with Crippen molar-refractivity contribution in [3.63, 3.8) is 0 Å². The van der Waals surface area contributed by atoms with Gasteiger partial charge in [-0.3, -0.25) is 0 Å². The zero-order valence-electron chi connectivity index (χ0n) is 12.2. The summed E-state index contributed by atoms with van der Waals surface area (Å²) < 4.78 is 10.3. The molecule has 1 rings (SSSR count). The predicted octanol–water partition coefficient (Wildman–Crippen LogP) is 5.12. The monoisotopic (exact) mass is 276 g/mol. The van der Waals surface area contributed by atoms with Crippen LogP contribution in [0, 0.1) is 0 Å². The minimum atomic E-state index is -0.672. The van der Waals surface area contributed by atoms with Crippen LogP contribution in [0.15, 0.2) is 43.0 Å². The molecule has 3 heteroatoms. The van der Waals surface area contributed by atoms with E-state index < -0.39 is 6.16 Å². The Morgan fingerprint density at radius 3 is 2.55 bits per heavy atom. The summed E-state index contributed by atoms with van der Waals surface area (Å²) in [6.07, 6.45) is 7.44. The highest BCUT2D eigenvalue weighted by atomic mass is 16.7. The van der Waals surface area contributed by atoms with E-state index in [0.717, 1.165) is 19.3 Å². The molecule has 0 saturated heterocycles. The highest BCUT2D eigenvalue weighted by molar-refractivity contribution is 5.64. The van der Waals surface area contributed by atoms with Gasteiger partial charge in [-0.1, -0.05) is 63.5 Å². The molecule has 0 aliphatic heterocycles. The molecular formula is C17H24O3. The van der Waals surface area contributed by atoms with Crippen molar-refractivity contribution in [2.24, 2.45) is 0 Å². The number of carbonyl (C=O) groups is 1. The fraction of sp³-hybridized carbons (Fsp3) is 0.471. The van der Waals surface area contributed by atoms with Gasteiger partial charge in [-0.05, 0) is 25.0 Å². The lowest BCUT2D eigenvalue weighted by atomic mass is 10.1. The Morgan fingerprint density at radius 1 is 1.20 bits per heavy atom. The van der Waals surface area contributed by atoms with Crippen molar-refractivity contribution >= 4 is 6.16 Å². The first-order valence-corrected chi connectivity index (χ1v) is 7.32. The van der Waals surface area contributed by atoms with Crippen LogP contribution >= 0.6 is 0 Å². The van der Waals surface area contributed by atoms with E-state index >= 15 is 0 Å². The summed E-state index contributed by atoms with van der Waals surface area (Å²) in [5.74, 6) is 0.489. The molecule has 1 aromatic carbocycles. The number of rotatable bonds is 9. The molecule has 110 valence electrons. The second-order valence-corrected chi connectivity index (χ2v) is 4.76. The van der Waals surface area contributed by atoms with Crippen LogP contribution in [0.3, 0.4) is 0 Å². The van der Waals surface area contributed by atoms with Crippen LogP contribution in [0.1, 0.15) is 45.4 Å². The van der Waals surface area contributed by atoms with Crippen molar-refractivity contribution in [2.75, 3.05) is 0 Å². The Balaban J connectivity index is 2.25. The summed E-state index contributed by atoms with van der Waals surface area (Å²) >= 11 is 0. The summed E-state index contributed by atoms with van der Waals surface area (Å²) in [6, 6.07) is 8.91. The topological polar surface area (TPSA) is 35.5 Å². The quantitative estimate of drug-likeness (QED) is 0.272. The molecule has 0 amide bonds. The zero-order valence-corrected chi connectivity index (χ0v) is 12.2. The lowest BCUT2D eigenvalue weighted by molar-refractivity contribution is 0.0723. The van der Waals surface area contributed by atoms with Crippen LogP contribution in [-0.2, 0) is 4.74 Å². The third-order valence-electron chi connectivity index (χ3n) is 3.05. The van der Waals surface area contributed by atoms with Gasteiger partial charge < -0.3 is 9.47 Å². The summed E-state index contributed by atoms with van der Waals surface area (Å²) in [4.78, 5) is 11.6. The van der Waals surface area contributed by atoms with E-state index in [1.165, 1.54) is 19.3 Å². The number of hydrogen-bond donors (Lipinski definition) is 0. The van der Waals surface area contributed by atoms with E-state index in [9.17, 15) is 4.79 Å². The Kier molecular flexibility index (Phi) is 8.20. The zero-order chi connectivity index (χ0) is 14.6. The maximum absolute atomic E-state index is 11.6. The van der Waals surface area contributed by atoms with Gasteiger partial charge >= 0.3 is 6.16 Å². The number of unbranched alkanes of at least 4 members (excludes halogenated alkanes) is 4. The smallest absolute Gasteiger partial charge is 0.426 e. The van der Waals surface area contributed by atoms with Crippen molar-refractivity contribution in [1.82, 2.24) is 0 Å². The molecule has 0 heterocycles. The van der Waals surface area contributed by atoms with Gasteiger partial charge in [-0.15, -0.1) is 0 Å². The van der Waals surface area contributed by atoms with Crippen LogP contribution in [-0.4, -0.2) is 12.3 Å². The van der Waals surface area contributed by atoms with Crippen LogP contribution in [0.5, 0.6) is 5.75 Å². The van der Waals surface area contributed by atoms with Crippen LogP contribution in [0.2, 0.25) is 0 Å². The largest absolute Gasteiger partial charge is 0.514 e. The minimum Gasteiger partial charge on any atom is -0.426 e. The number of benzene rings is 1. The van der Waals surface area contributed by atoms with Crippen molar-refractivity contribution < 1.29 is 14.3 Å². The molecule has 0 radical (unpaired) electrons. The molecule has 3 nitrogen and oxygen atoms in total. The second-order valence-electron chi connectivity index (χ2n) is 4.76. The Labute approximate surface area is 121 Å². The first-order valence-electron chi connectivity index (χ1n) is 7.32. The molecule has 20 heavy (non-hydrogen) atoms. The highest BCUT2D eigenvalue weighted by Gasteiger charge is 2.12. The van der Waals surface area contributed by atoms with E-state index in [2.05, 4.69) is 13.5 Å². The molecule has 0 aromatic heterocycles. The lowest BCUT2D eigenvalue weighted by Crippen LogP contribution is -2.19. The van der Waals surface area contributed by atoms with E-state index in [0.29, 0.717) is 5.75 Å². The fourth-order valence-electron chi connectivity index (χ4n) is 1.91. The summed E-state index contributed by atoms with van der Waals surface area (Å²) in [5.41, 5.74) is 0. The minimum absolute atomic E-state index is 0.271. The SMILES string of the molecule is C=CC(CCCCCCC)OC(=O)Oc1ccccc1. The predicted molar refractivity (Wildman–Crippen MR) is 80.9 cm³/mol. The molecular weight excluding hydrogens is 252 g/mol. The first kappa shape index (κ1) is 16.3. The fourth-order valence-corrected chi connectivity index (χ4v) is 1.91. The van der Waals surface area contributed by atoms with Gasteiger partial charge in [-0.25, -0.2) is 4.79 Å². The summed E-state index contributed by atoms with van der Waals surface area (Å²) in [7, 11) is 0. The average Bonchev–Trinajstić information content (AvgIpc) is 2.46. The Bertz CT molecular complexity index is 386. The number of carbonyl (C=O) groups excluding carboxylic acids is 1. The molecule has 1 unspecified atom stereocenters. The molecule has 0 N–H and O–H groups in total. The third-order valence-corrected chi connectivity index (χ3v) is 3.05. The van der Waals surface area contributed by atoms with Crippen LogP contribution in [0.4, 0.5) is 4.79 Å². The standard InChI is InChI=1S/C17H24O3/c1-3-5-6-7-9-12-15(4-2)19-17(18)20-16-13-10-8-11-14-16/h4,8,10-11,13-15H,2-3,5-7,9,12H2,1H3. The summed E-state index contributed by atoms with van der Waals surface area (Å²) in [6.45, 7) is 5.89. The molecule has 1 aromatic rings. The van der Waals surface area contributed by atoms with E-state index in [1.54, 1.807) is 30.3 Å². The van der Waals surface area contributed by atoms with Gasteiger partial charge in [0.1, 0.15) is 11.9 Å². The van der Waals surface area contributed by atoms with Crippen molar-refractivity contribution in [2.45, 2.75) is 51.6 Å². The molecule has 0 spiro atoms. The molecule has 0 aliphatic rings. The van der Waals surface area contributed by atoms with E-state index in [4.69, 9.17) is 9.47 Å². The van der Waals surface area contributed by atoms with Crippen molar-refractivity contribution in [3.05, 3.63) is 43.0 Å². The third kappa shape index (κ3) is 6.98. The lowest BCUT2D eigenvalue weighted by Gasteiger charge is -2.13. The molecule has 1 atom stereocenters. The van der Waals surface area contributed by atoms with Crippen LogP contribution in [0.25, 0.3) is 0 Å². The molecule has 0 fully saturated rings. The van der Waals surface area contributed by atoms with Gasteiger partial charge in [0.2, 0.25) is 0 Å². The van der Waals surface area contributed by atoms with Gasteiger partial charge in [0.25, 0.3) is 0 Å². The molecule has 0 aliphatic carbocycles. The first-order chi connectivity index (χ1) is 9.76. The Hall–Kier alpha value is -1.77. The normalized spacial score (nSPS) is 11.7. The number of para-hydroxylation sites is 1. The maximum Gasteiger partial charge on any atom is 0.514 e. The van der Waals surface area contributed by atoms with E-state index in [1.807, 2.05) is 6.07 Å². The van der Waals surface area contributed by atoms with Crippen molar-refractivity contribution in [1.29, 1.82) is 0 Å². The van der Waals surface area contributed by atoms with E-state index in [-0.39, 0.29) is 6.10 Å². The maximum atomic E-state index is 11.6. The van der Waals surface area contributed by atoms with Gasteiger partial charge in [0.05, 0.1) is 0 Å². The molecule has 0 bridgehead atoms. The number of hydrogen-bond acceptors (Lipinski definition) is 3. The second kappa shape index (κ2) is 10.1. The summed E-state index contributed by atoms with van der Waals surface area (Å²) in [5, 5.41) is 0. The highest BCUT2D eigenvalue weighted by Crippen LogP contribution is 2.13. The van der Waals surface area contributed by atoms with Crippen molar-refractivity contribution in [3.8, 4) is 5.75 Å². The Morgan fingerprint density at radius 2 is 1.90 bits per heavy atom. The van der Waals surface area contributed by atoms with Gasteiger partial charge in [0.15, 0.2) is 0 Å². The van der Waals surface area contributed by atoms with Gasteiger partial charge in [-0.2, -0.15) is 0 Å². The average molecular weight is 276 g/mol. The molecule has 0 saturated carbocycles. The van der Waals surface area contributed by atoms with Crippen LogP contribution < -0.4 is 4.74 Å². The number of ether oxygens (including phenoxy) is 2.